The Hall–Kier alpha value is -0.150. The Bertz CT molecular complexity index is 460. The summed E-state index contributed by atoms with van der Waals surface area (Å²) >= 11 is 18.3. The minimum absolute atomic E-state index is 0.0575. The molecule has 1 heterocycles. The number of hydrogen-bond acceptors (Lipinski definition) is 2. The van der Waals surface area contributed by atoms with Gasteiger partial charge in [-0.1, -0.05) is 34.8 Å². The van der Waals surface area contributed by atoms with Crippen molar-refractivity contribution in [1.29, 1.82) is 0 Å². The molecule has 0 aromatic heterocycles. The van der Waals surface area contributed by atoms with Gasteiger partial charge in [-0.3, -0.25) is 0 Å². The SMILES string of the molecule is CC1CNC(C)(C)CN1c1cc(Cl)c(Cl)cc1Cl. The highest BCUT2D eigenvalue weighted by Gasteiger charge is 2.31. The van der Waals surface area contributed by atoms with E-state index in [1.165, 1.54) is 0 Å². The van der Waals surface area contributed by atoms with Crippen LogP contribution in [0.5, 0.6) is 0 Å². The number of nitrogens with zero attached hydrogens (tertiary/aromatic N) is 1. The van der Waals surface area contributed by atoms with Gasteiger partial charge in [0.15, 0.2) is 0 Å². The summed E-state index contributed by atoms with van der Waals surface area (Å²) in [6, 6.07) is 3.93. The molecule has 0 bridgehead atoms. The maximum atomic E-state index is 6.29. The first kappa shape index (κ1) is 14.3. The van der Waals surface area contributed by atoms with Crippen LogP contribution >= 0.6 is 34.8 Å². The second kappa shape index (κ2) is 5.09. The maximum Gasteiger partial charge on any atom is 0.0655 e. The fraction of sp³-hybridized carbons (Fsp3) is 0.538. The standard InChI is InChI=1S/C13H17Cl3N2/c1-8-6-17-13(2,3)7-18(8)12-5-10(15)9(14)4-11(12)16/h4-5,8,17H,6-7H2,1-3H3. The summed E-state index contributed by atoms with van der Waals surface area (Å²) in [4.78, 5) is 2.28. The lowest BCUT2D eigenvalue weighted by Crippen LogP contribution is -2.61. The highest BCUT2D eigenvalue weighted by molar-refractivity contribution is 6.44. The van der Waals surface area contributed by atoms with Crippen LogP contribution in [-0.4, -0.2) is 24.7 Å². The first-order valence-corrected chi connectivity index (χ1v) is 7.10. The molecule has 5 heteroatoms. The minimum atomic E-state index is 0.0575. The molecule has 0 aliphatic carbocycles. The van der Waals surface area contributed by atoms with Crippen LogP contribution in [0, 0.1) is 0 Å². The van der Waals surface area contributed by atoms with Crippen LogP contribution < -0.4 is 10.2 Å². The van der Waals surface area contributed by atoms with Gasteiger partial charge < -0.3 is 10.2 Å². The summed E-state index contributed by atoms with van der Waals surface area (Å²) in [7, 11) is 0. The molecule has 18 heavy (non-hydrogen) atoms. The van der Waals surface area contributed by atoms with E-state index >= 15 is 0 Å². The lowest BCUT2D eigenvalue weighted by Gasteiger charge is -2.45. The van der Waals surface area contributed by atoms with E-state index in [4.69, 9.17) is 34.8 Å². The fourth-order valence-electron chi connectivity index (χ4n) is 2.23. The summed E-state index contributed by atoms with van der Waals surface area (Å²) in [6.07, 6.45) is 0. The zero-order chi connectivity index (χ0) is 13.5. The number of halogens is 3. The van der Waals surface area contributed by atoms with Crippen molar-refractivity contribution in [3.8, 4) is 0 Å². The van der Waals surface area contributed by atoms with E-state index in [-0.39, 0.29) is 5.54 Å². The lowest BCUT2D eigenvalue weighted by molar-refractivity contribution is 0.318. The van der Waals surface area contributed by atoms with E-state index < -0.39 is 0 Å². The van der Waals surface area contributed by atoms with Crippen molar-refractivity contribution in [2.45, 2.75) is 32.4 Å². The van der Waals surface area contributed by atoms with E-state index in [0.717, 1.165) is 18.8 Å². The van der Waals surface area contributed by atoms with E-state index in [9.17, 15) is 0 Å². The monoisotopic (exact) mass is 306 g/mol. The molecular formula is C13H17Cl3N2. The molecule has 1 aliphatic rings. The van der Waals surface area contributed by atoms with Crippen LogP contribution in [-0.2, 0) is 0 Å². The highest BCUT2D eigenvalue weighted by atomic mass is 35.5. The molecule has 100 valence electrons. The quantitative estimate of drug-likeness (QED) is 0.781. The molecule has 1 aromatic carbocycles. The normalized spacial score (nSPS) is 23.2. The zero-order valence-corrected chi connectivity index (χ0v) is 13.0. The number of piperazine rings is 1. The van der Waals surface area contributed by atoms with Gasteiger partial charge in [-0.05, 0) is 32.9 Å². The molecule has 0 radical (unpaired) electrons. The van der Waals surface area contributed by atoms with Crippen molar-refractivity contribution >= 4 is 40.5 Å². The average molecular weight is 308 g/mol. The molecule has 1 fully saturated rings. The van der Waals surface area contributed by atoms with Crippen molar-refractivity contribution < 1.29 is 0 Å². The molecule has 1 saturated heterocycles. The third-order valence-corrected chi connectivity index (χ3v) is 4.30. The van der Waals surface area contributed by atoms with Crippen LogP contribution in [0.1, 0.15) is 20.8 Å². The summed E-state index contributed by atoms with van der Waals surface area (Å²) < 4.78 is 0. The second-order valence-corrected chi connectivity index (χ2v) is 6.68. The van der Waals surface area contributed by atoms with Crippen LogP contribution in [0.4, 0.5) is 5.69 Å². The summed E-state index contributed by atoms with van der Waals surface area (Å²) in [5.41, 5.74) is 1.01. The summed E-state index contributed by atoms with van der Waals surface area (Å²) in [5, 5.41) is 5.19. The number of nitrogens with one attached hydrogen (secondary N) is 1. The van der Waals surface area contributed by atoms with Gasteiger partial charge >= 0.3 is 0 Å². The van der Waals surface area contributed by atoms with Crippen molar-refractivity contribution in [2.75, 3.05) is 18.0 Å². The second-order valence-electron chi connectivity index (χ2n) is 5.46. The van der Waals surface area contributed by atoms with Gasteiger partial charge in [-0.2, -0.15) is 0 Å². The number of rotatable bonds is 1. The summed E-state index contributed by atoms with van der Waals surface area (Å²) in [6.45, 7) is 8.32. The Morgan fingerprint density at radius 1 is 1.17 bits per heavy atom. The summed E-state index contributed by atoms with van der Waals surface area (Å²) in [5.74, 6) is 0. The molecule has 1 N–H and O–H groups in total. The smallest absolute Gasteiger partial charge is 0.0655 e. The van der Waals surface area contributed by atoms with Gasteiger partial charge in [0.05, 0.1) is 20.8 Å². The fourth-order valence-corrected chi connectivity index (χ4v) is 2.88. The first-order chi connectivity index (χ1) is 8.30. The molecule has 0 saturated carbocycles. The van der Waals surface area contributed by atoms with Crippen LogP contribution in [0.3, 0.4) is 0 Å². The Balaban J connectivity index is 2.38. The van der Waals surface area contributed by atoms with E-state index in [0.29, 0.717) is 21.1 Å². The molecule has 2 rings (SSSR count). The molecule has 0 amide bonds. The van der Waals surface area contributed by atoms with Gasteiger partial charge in [0.2, 0.25) is 0 Å². The van der Waals surface area contributed by atoms with Crippen LogP contribution in [0.2, 0.25) is 15.1 Å². The van der Waals surface area contributed by atoms with Crippen LogP contribution in [0.15, 0.2) is 12.1 Å². The molecule has 1 aromatic rings. The predicted molar refractivity (Wildman–Crippen MR) is 80.4 cm³/mol. The van der Waals surface area contributed by atoms with E-state index in [1.807, 2.05) is 6.07 Å². The number of benzene rings is 1. The Morgan fingerprint density at radius 2 is 1.78 bits per heavy atom. The van der Waals surface area contributed by atoms with E-state index in [2.05, 4.69) is 31.0 Å². The lowest BCUT2D eigenvalue weighted by atomic mass is 9.98. The third kappa shape index (κ3) is 2.88. The topological polar surface area (TPSA) is 15.3 Å². The van der Waals surface area contributed by atoms with Gasteiger partial charge in [0, 0.05) is 24.7 Å². The van der Waals surface area contributed by atoms with Crippen molar-refractivity contribution in [3.05, 3.63) is 27.2 Å². The van der Waals surface area contributed by atoms with Crippen LogP contribution in [0.25, 0.3) is 0 Å². The Morgan fingerprint density at radius 3 is 2.44 bits per heavy atom. The molecule has 1 atom stereocenters. The van der Waals surface area contributed by atoms with Crippen molar-refractivity contribution in [2.24, 2.45) is 0 Å². The Kier molecular flexibility index (Phi) is 4.03. The largest absolute Gasteiger partial charge is 0.364 e. The first-order valence-electron chi connectivity index (χ1n) is 5.96. The predicted octanol–water partition coefficient (Wildman–Crippen LogP) is 4.22. The van der Waals surface area contributed by atoms with Crippen molar-refractivity contribution in [1.82, 2.24) is 5.32 Å². The molecule has 1 unspecified atom stereocenters. The number of hydrogen-bond donors (Lipinski definition) is 1. The van der Waals surface area contributed by atoms with Gasteiger partial charge in [0.25, 0.3) is 0 Å². The van der Waals surface area contributed by atoms with Gasteiger partial charge in [-0.15, -0.1) is 0 Å². The molecule has 2 nitrogen and oxygen atoms in total. The van der Waals surface area contributed by atoms with E-state index in [1.54, 1.807) is 6.07 Å². The molecular weight excluding hydrogens is 291 g/mol. The average Bonchev–Trinajstić information content (AvgIpc) is 2.27. The molecule has 1 aliphatic heterocycles. The van der Waals surface area contributed by atoms with Gasteiger partial charge in [0.1, 0.15) is 0 Å². The highest BCUT2D eigenvalue weighted by Crippen LogP contribution is 2.36. The maximum absolute atomic E-state index is 6.29. The minimum Gasteiger partial charge on any atom is -0.364 e. The van der Waals surface area contributed by atoms with Gasteiger partial charge in [-0.25, -0.2) is 0 Å². The number of anilines is 1. The Labute approximate surface area is 123 Å². The zero-order valence-electron chi connectivity index (χ0n) is 10.7. The third-order valence-electron chi connectivity index (χ3n) is 3.27. The van der Waals surface area contributed by atoms with Crippen molar-refractivity contribution in [3.63, 3.8) is 0 Å². The molecule has 0 spiro atoms.